The van der Waals surface area contributed by atoms with Crippen molar-refractivity contribution >= 4 is 37.5 Å². The Bertz CT molecular complexity index is 523. The van der Waals surface area contributed by atoms with Crippen LogP contribution in [0, 0.1) is 0 Å². The number of fused-ring (bicyclic) bond motifs is 1. The van der Waals surface area contributed by atoms with E-state index >= 15 is 0 Å². The Kier molecular flexibility index (Phi) is 4.47. The van der Waals surface area contributed by atoms with Gasteiger partial charge in [-0.15, -0.1) is 0 Å². The van der Waals surface area contributed by atoms with Gasteiger partial charge in [-0.1, -0.05) is 0 Å². The van der Waals surface area contributed by atoms with Gasteiger partial charge >= 0.3 is 112 Å². The number of carbonyl (C=O) groups excluding carboxylic acids is 1. The maximum absolute atomic E-state index is 11.9. The van der Waals surface area contributed by atoms with Crippen LogP contribution in [0.3, 0.4) is 0 Å². The van der Waals surface area contributed by atoms with Gasteiger partial charge in [-0.05, 0) is 0 Å². The van der Waals surface area contributed by atoms with Gasteiger partial charge < -0.3 is 0 Å². The van der Waals surface area contributed by atoms with Crippen molar-refractivity contribution in [3.63, 3.8) is 0 Å². The first-order valence-electron chi connectivity index (χ1n) is 6.00. The summed E-state index contributed by atoms with van der Waals surface area (Å²) in [5.41, 5.74) is 8.19. The van der Waals surface area contributed by atoms with Crippen LogP contribution >= 0.6 is 0 Å². The standard InChI is InChI=1S/C12H16N4OSe/c1-2-3-5-8(13)12(17)14-9-6-4-7-10-11(9)16-18-15-10/h4,6-8H,2-3,5,13H2,1H3,(H,14,17)/t8-/m0/s1. The first-order valence-corrected chi connectivity index (χ1v) is 7.53. The molecular formula is C12H16N4OSe. The Morgan fingerprint density at radius 1 is 1.50 bits per heavy atom. The molecule has 0 spiro atoms. The molecule has 0 unspecified atom stereocenters. The quantitative estimate of drug-likeness (QED) is 0.832. The number of nitrogens with zero attached hydrogens (tertiary/aromatic N) is 2. The Morgan fingerprint density at radius 3 is 3.11 bits per heavy atom. The molecule has 96 valence electrons. The molecule has 0 fully saturated rings. The summed E-state index contributed by atoms with van der Waals surface area (Å²) in [6, 6.07) is 5.15. The van der Waals surface area contributed by atoms with E-state index in [2.05, 4.69) is 20.2 Å². The molecule has 2 rings (SSSR count). The summed E-state index contributed by atoms with van der Waals surface area (Å²) >= 11 is -0.0898. The van der Waals surface area contributed by atoms with Crippen molar-refractivity contribution in [2.45, 2.75) is 32.2 Å². The number of amides is 1. The fraction of sp³-hybridized carbons (Fsp3) is 0.417. The van der Waals surface area contributed by atoms with Crippen LogP contribution in [0.2, 0.25) is 0 Å². The Morgan fingerprint density at radius 2 is 2.33 bits per heavy atom. The van der Waals surface area contributed by atoms with Gasteiger partial charge in [0.1, 0.15) is 0 Å². The summed E-state index contributed by atoms with van der Waals surface area (Å²) in [6.45, 7) is 2.08. The first kappa shape index (κ1) is 13.2. The van der Waals surface area contributed by atoms with E-state index in [-0.39, 0.29) is 20.5 Å². The van der Waals surface area contributed by atoms with Crippen molar-refractivity contribution in [1.82, 2.24) is 0 Å². The van der Waals surface area contributed by atoms with Gasteiger partial charge in [0.15, 0.2) is 0 Å². The molecule has 6 heteroatoms. The molecule has 1 aliphatic rings. The number of nitrogens with one attached hydrogen (secondary N) is 1. The molecule has 1 amide bonds. The third-order valence-corrected chi connectivity index (χ3v) is 3.89. The SMILES string of the molecule is CCCC[C@H](N)C(=O)Nc1cccc2c1N=[Se]=N2. The van der Waals surface area contributed by atoms with Crippen molar-refractivity contribution in [3.8, 4) is 0 Å². The van der Waals surface area contributed by atoms with E-state index < -0.39 is 6.04 Å². The average molecular weight is 311 g/mol. The molecule has 3 N–H and O–H groups in total. The molecule has 0 saturated carbocycles. The van der Waals surface area contributed by atoms with E-state index in [1.165, 1.54) is 0 Å². The summed E-state index contributed by atoms with van der Waals surface area (Å²) in [7, 11) is 0. The topological polar surface area (TPSA) is 79.8 Å². The van der Waals surface area contributed by atoms with Crippen molar-refractivity contribution in [3.05, 3.63) is 18.2 Å². The zero-order valence-electron chi connectivity index (χ0n) is 10.2. The van der Waals surface area contributed by atoms with Gasteiger partial charge in [0.25, 0.3) is 0 Å². The molecule has 0 aliphatic carbocycles. The van der Waals surface area contributed by atoms with E-state index in [9.17, 15) is 4.79 Å². The van der Waals surface area contributed by atoms with Crippen LogP contribution in [0.1, 0.15) is 26.2 Å². The van der Waals surface area contributed by atoms with Crippen LogP contribution in [-0.4, -0.2) is 26.5 Å². The van der Waals surface area contributed by atoms with Gasteiger partial charge in [0.05, 0.1) is 0 Å². The second-order valence-electron chi connectivity index (χ2n) is 4.18. The molecule has 18 heavy (non-hydrogen) atoms. The molecule has 0 bridgehead atoms. The van der Waals surface area contributed by atoms with Crippen molar-refractivity contribution in [2.75, 3.05) is 5.32 Å². The van der Waals surface area contributed by atoms with Crippen molar-refractivity contribution in [2.24, 2.45) is 13.7 Å². The molecule has 1 aromatic rings. The normalized spacial score (nSPS) is 13.9. The Balaban J connectivity index is 2.04. The van der Waals surface area contributed by atoms with Gasteiger partial charge in [0, 0.05) is 0 Å². The van der Waals surface area contributed by atoms with Crippen LogP contribution in [-0.2, 0) is 4.79 Å². The first-order chi connectivity index (χ1) is 8.72. The minimum atomic E-state index is -0.454. The molecule has 1 aliphatic heterocycles. The summed E-state index contributed by atoms with van der Waals surface area (Å²) in [5.74, 6) is -0.147. The molecule has 0 saturated heterocycles. The van der Waals surface area contributed by atoms with Crippen LogP contribution in [0.15, 0.2) is 26.1 Å². The monoisotopic (exact) mass is 312 g/mol. The van der Waals surface area contributed by atoms with Crippen molar-refractivity contribution < 1.29 is 4.79 Å². The third kappa shape index (κ3) is 2.96. The molecule has 1 aromatic carbocycles. The Labute approximate surface area is 112 Å². The second kappa shape index (κ2) is 6.09. The maximum atomic E-state index is 11.9. The summed E-state index contributed by atoms with van der Waals surface area (Å²) in [4.78, 5) is 11.9. The minimum absolute atomic E-state index is 0.0898. The molecule has 0 aromatic heterocycles. The molecule has 1 atom stereocenters. The predicted octanol–water partition coefficient (Wildman–Crippen LogP) is 2.49. The van der Waals surface area contributed by atoms with E-state index in [1.54, 1.807) is 0 Å². The van der Waals surface area contributed by atoms with Gasteiger partial charge in [-0.3, -0.25) is 0 Å². The summed E-state index contributed by atoms with van der Waals surface area (Å²) < 4.78 is 8.59. The molecular weight excluding hydrogens is 295 g/mol. The number of benzene rings is 1. The molecule has 1 heterocycles. The number of nitrogens with two attached hydrogens (primary N) is 1. The average Bonchev–Trinajstić information content (AvgIpc) is 2.85. The van der Waals surface area contributed by atoms with Gasteiger partial charge in [0.2, 0.25) is 0 Å². The third-order valence-electron chi connectivity index (χ3n) is 2.75. The van der Waals surface area contributed by atoms with Gasteiger partial charge in [-0.25, -0.2) is 0 Å². The van der Waals surface area contributed by atoms with E-state index in [1.807, 2.05) is 18.2 Å². The predicted molar refractivity (Wildman–Crippen MR) is 72.5 cm³/mol. The zero-order chi connectivity index (χ0) is 13.0. The molecule has 5 nitrogen and oxygen atoms in total. The number of hydrogen-bond acceptors (Lipinski definition) is 4. The van der Waals surface area contributed by atoms with Crippen molar-refractivity contribution in [1.29, 1.82) is 0 Å². The van der Waals surface area contributed by atoms with Crippen LogP contribution in [0.5, 0.6) is 0 Å². The van der Waals surface area contributed by atoms with E-state index in [0.29, 0.717) is 12.1 Å². The van der Waals surface area contributed by atoms with E-state index in [0.717, 1.165) is 24.2 Å². The number of unbranched alkanes of at least 4 members (excludes halogenated alkanes) is 1. The number of hydrogen-bond donors (Lipinski definition) is 2. The summed E-state index contributed by atoms with van der Waals surface area (Å²) in [5, 5.41) is 2.84. The van der Waals surface area contributed by atoms with Gasteiger partial charge in [-0.2, -0.15) is 0 Å². The van der Waals surface area contributed by atoms with Crippen LogP contribution in [0.25, 0.3) is 0 Å². The zero-order valence-corrected chi connectivity index (χ0v) is 11.9. The number of carbonyl (C=O) groups is 1. The number of anilines is 1. The van der Waals surface area contributed by atoms with Crippen LogP contribution < -0.4 is 11.1 Å². The molecule has 0 radical (unpaired) electrons. The fourth-order valence-corrected chi connectivity index (χ4v) is 2.84. The fourth-order valence-electron chi connectivity index (χ4n) is 1.69. The van der Waals surface area contributed by atoms with Crippen LogP contribution in [0.4, 0.5) is 17.1 Å². The number of rotatable bonds is 5. The summed E-state index contributed by atoms with van der Waals surface area (Å²) in [6.07, 6.45) is 2.71. The van der Waals surface area contributed by atoms with E-state index in [4.69, 9.17) is 5.73 Å². The Hall–Kier alpha value is -1.23. The second-order valence-corrected chi connectivity index (χ2v) is 5.28.